The van der Waals surface area contributed by atoms with Gasteiger partial charge in [0, 0.05) is 4.48 Å². The van der Waals surface area contributed by atoms with Gasteiger partial charge in [0.25, 0.3) is 0 Å². The molecule has 0 saturated carbocycles. The molecule has 9 heavy (non-hydrogen) atoms. The van der Waals surface area contributed by atoms with Gasteiger partial charge in [0.05, 0.1) is 0 Å². The van der Waals surface area contributed by atoms with E-state index in [1.54, 1.807) is 0 Å². The highest BCUT2D eigenvalue weighted by atomic mass is 79.9. The van der Waals surface area contributed by atoms with Gasteiger partial charge in [0.15, 0.2) is 0 Å². The summed E-state index contributed by atoms with van der Waals surface area (Å²) >= 11 is 3.24. The van der Waals surface area contributed by atoms with Gasteiger partial charge >= 0.3 is 0 Å². The molecule has 0 amide bonds. The molecule has 52 valence electrons. The maximum absolute atomic E-state index is 3.67. The molecule has 0 heterocycles. The number of rotatable bonds is 1. The first-order chi connectivity index (χ1) is 4.18. The predicted octanol–water partition coefficient (Wildman–Crippen LogP) is 3.66. The first-order valence-corrected chi connectivity index (χ1v) is 3.45. The minimum Gasteiger partial charge on any atom is -0.106 e. The van der Waals surface area contributed by atoms with Gasteiger partial charge in [-0.3, -0.25) is 0 Å². The average Bonchev–Trinajstić information content (AvgIpc) is 1.91. The van der Waals surface area contributed by atoms with Gasteiger partial charge in [0.1, 0.15) is 0 Å². The Morgan fingerprint density at radius 3 is 1.78 bits per heavy atom. The van der Waals surface area contributed by atoms with Crippen LogP contribution in [0.4, 0.5) is 0 Å². The van der Waals surface area contributed by atoms with Crippen molar-refractivity contribution in [2.45, 2.75) is 13.8 Å². The average molecular weight is 189 g/mol. The topological polar surface area (TPSA) is 0 Å². The van der Waals surface area contributed by atoms with E-state index in [4.69, 9.17) is 0 Å². The fourth-order valence-electron chi connectivity index (χ4n) is 0.157. The first-order valence-electron chi connectivity index (χ1n) is 2.66. The van der Waals surface area contributed by atoms with E-state index in [0.717, 1.165) is 4.48 Å². The van der Waals surface area contributed by atoms with Crippen molar-refractivity contribution in [1.82, 2.24) is 0 Å². The molecule has 1 heteroatoms. The molecule has 0 N–H and O–H groups in total. The van der Waals surface area contributed by atoms with Crippen molar-refractivity contribution in [3.63, 3.8) is 0 Å². The number of hydrogen-bond donors (Lipinski definition) is 0. The highest BCUT2D eigenvalue weighted by Crippen LogP contribution is 2.11. The van der Waals surface area contributed by atoms with E-state index in [9.17, 15) is 0 Å². The van der Waals surface area contributed by atoms with E-state index in [1.807, 2.05) is 19.9 Å². The Balaban J connectivity index is 0. The number of halogens is 1. The van der Waals surface area contributed by atoms with Gasteiger partial charge in [-0.1, -0.05) is 28.6 Å². The van der Waals surface area contributed by atoms with Crippen LogP contribution in [0.5, 0.6) is 0 Å². The summed E-state index contributed by atoms with van der Waals surface area (Å²) in [5.41, 5.74) is 1.19. The maximum atomic E-state index is 3.67. The molecule has 0 saturated heterocycles. The quantitative estimate of drug-likeness (QED) is 0.436. The Morgan fingerprint density at radius 1 is 1.44 bits per heavy atom. The molecule has 0 aliphatic carbocycles. The molecule has 0 radical (unpaired) electrons. The lowest BCUT2D eigenvalue weighted by Crippen LogP contribution is -1.66. The molecule has 0 aliphatic heterocycles. The van der Waals surface area contributed by atoms with Crippen LogP contribution in [0.2, 0.25) is 0 Å². The summed E-state index contributed by atoms with van der Waals surface area (Å²) in [5, 5.41) is 0. The van der Waals surface area contributed by atoms with Gasteiger partial charge in [0.2, 0.25) is 0 Å². The van der Waals surface area contributed by atoms with Gasteiger partial charge in [-0.2, -0.15) is 0 Å². The number of allylic oxidation sites excluding steroid dienone is 3. The molecule has 0 aliphatic rings. The third-order valence-electron chi connectivity index (χ3n) is 0.861. The predicted molar refractivity (Wildman–Crippen MR) is 48.8 cm³/mol. The molecule has 0 fully saturated rings. The van der Waals surface area contributed by atoms with Crippen molar-refractivity contribution in [3.8, 4) is 0 Å². The Morgan fingerprint density at radius 2 is 1.78 bits per heavy atom. The minimum absolute atomic E-state index is 0.968. The highest BCUT2D eigenvalue weighted by Gasteiger charge is 1.83. The largest absolute Gasteiger partial charge is 0.106 e. The van der Waals surface area contributed by atoms with Crippen LogP contribution in [0.15, 0.2) is 35.9 Å². The Hall–Kier alpha value is -0.300. The van der Waals surface area contributed by atoms with Crippen molar-refractivity contribution in [1.29, 1.82) is 0 Å². The molecule has 0 aromatic heterocycles. The van der Waals surface area contributed by atoms with Crippen LogP contribution in [0.1, 0.15) is 13.8 Å². The normalized spacial score (nSPS) is 9.44. The van der Waals surface area contributed by atoms with Crippen LogP contribution >= 0.6 is 15.9 Å². The van der Waals surface area contributed by atoms with Gasteiger partial charge in [-0.25, -0.2) is 0 Å². The van der Waals surface area contributed by atoms with Crippen LogP contribution in [0, 0.1) is 0 Å². The first kappa shape index (κ1) is 11.5. The summed E-state index contributed by atoms with van der Waals surface area (Å²) in [5.74, 6) is 0. The zero-order valence-electron chi connectivity index (χ0n) is 6.08. The van der Waals surface area contributed by atoms with Crippen LogP contribution in [0.3, 0.4) is 0 Å². The second-order valence-corrected chi connectivity index (χ2v) is 2.33. The summed E-state index contributed by atoms with van der Waals surface area (Å²) in [4.78, 5) is 0. The Labute approximate surface area is 66.1 Å². The molecule has 0 atom stereocenters. The van der Waals surface area contributed by atoms with Gasteiger partial charge < -0.3 is 0 Å². The summed E-state index contributed by atoms with van der Waals surface area (Å²) < 4.78 is 0.968. The maximum Gasteiger partial charge on any atom is 0.0129 e. The summed E-state index contributed by atoms with van der Waals surface area (Å²) in [6.07, 6.45) is 2.01. The molecule has 0 spiro atoms. The van der Waals surface area contributed by atoms with Crippen LogP contribution in [-0.4, -0.2) is 0 Å². The third kappa shape index (κ3) is 7.70. The third-order valence-corrected chi connectivity index (χ3v) is 1.49. The fourth-order valence-corrected chi connectivity index (χ4v) is 0.386. The second-order valence-electron chi connectivity index (χ2n) is 1.38. The highest BCUT2D eigenvalue weighted by molar-refractivity contribution is 9.11. The Bertz CT molecular complexity index is 112. The van der Waals surface area contributed by atoms with Crippen LogP contribution < -0.4 is 0 Å². The minimum atomic E-state index is 0.968. The lowest BCUT2D eigenvalue weighted by Gasteiger charge is -1.89. The molecule has 0 bridgehead atoms. The molecule has 0 nitrogen and oxygen atoms in total. The van der Waals surface area contributed by atoms with Crippen molar-refractivity contribution < 1.29 is 0 Å². The van der Waals surface area contributed by atoms with Crippen molar-refractivity contribution in [2.24, 2.45) is 0 Å². The Kier molecular flexibility index (Phi) is 9.83. The molecular weight excluding hydrogens is 176 g/mol. The van der Waals surface area contributed by atoms with Crippen molar-refractivity contribution in [3.05, 3.63) is 35.9 Å². The fraction of sp³-hybridized carbons (Fsp3) is 0.250. The van der Waals surface area contributed by atoms with E-state index in [-0.39, 0.29) is 0 Å². The van der Waals surface area contributed by atoms with E-state index in [1.165, 1.54) is 5.57 Å². The summed E-state index contributed by atoms with van der Waals surface area (Å²) in [6, 6.07) is 0. The monoisotopic (exact) mass is 188 g/mol. The van der Waals surface area contributed by atoms with E-state index in [0.29, 0.717) is 0 Å². The second kappa shape index (κ2) is 7.70. The zero-order chi connectivity index (χ0) is 7.86. The van der Waals surface area contributed by atoms with Crippen LogP contribution in [0.25, 0.3) is 0 Å². The van der Waals surface area contributed by atoms with E-state index >= 15 is 0 Å². The molecule has 0 rings (SSSR count). The number of hydrogen-bond acceptors (Lipinski definition) is 0. The lowest BCUT2D eigenvalue weighted by molar-refractivity contribution is 1.47. The smallest absolute Gasteiger partial charge is 0.0129 e. The standard InChI is InChI=1S/C6H9Br.C2H4/c1-4-5(2)6(3)7;1-2/h4H,3H2,1-2H3;1-2H2/b5-4-;. The van der Waals surface area contributed by atoms with Gasteiger partial charge in [-0.05, 0) is 19.4 Å². The zero-order valence-corrected chi connectivity index (χ0v) is 7.66. The van der Waals surface area contributed by atoms with E-state index in [2.05, 4.69) is 35.7 Å². The van der Waals surface area contributed by atoms with Crippen molar-refractivity contribution >= 4 is 15.9 Å². The molecule has 0 aromatic carbocycles. The van der Waals surface area contributed by atoms with Gasteiger partial charge in [-0.15, -0.1) is 13.2 Å². The SMILES string of the molecule is C=C.C=C(Br)/C(C)=C\C. The lowest BCUT2D eigenvalue weighted by atomic mass is 10.3. The van der Waals surface area contributed by atoms with Crippen LogP contribution in [-0.2, 0) is 0 Å². The van der Waals surface area contributed by atoms with Crippen molar-refractivity contribution in [2.75, 3.05) is 0 Å². The summed E-state index contributed by atoms with van der Waals surface area (Å²) in [7, 11) is 0. The molecule has 0 aromatic rings. The molecule has 0 unspecified atom stereocenters. The van der Waals surface area contributed by atoms with E-state index < -0.39 is 0 Å². The summed E-state index contributed by atoms with van der Waals surface area (Å²) in [6.45, 7) is 13.7. The molecular formula is C8H13Br.